The molecule has 24 heavy (non-hydrogen) atoms. The maximum Gasteiger partial charge on any atom is 0.304 e. The fourth-order valence-electron chi connectivity index (χ4n) is 2.18. The van der Waals surface area contributed by atoms with Crippen molar-refractivity contribution in [2.45, 2.75) is 27.0 Å². The van der Waals surface area contributed by atoms with Gasteiger partial charge in [0.05, 0.1) is 6.21 Å². The molecular formula is C18H22ClN3O2. The van der Waals surface area contributed by atoms with E-state index in [1.165, 1.54) is 12.5 Å². The Morgan fingerprint density at radius 1 is 1.17 bits per heavy atom. The topological polar surface area (TPSA) is 76.7 Å². The number of carbonyl (C=O) groups excluding carboxylic acids is 1. The maximum absolute atomic E-state index is 11.4. The van der Waals surface area contributed by atoms with E-state index < -0.39 is 6.23 Å². The number of hydrogen-bond donors (Lipinski definition) is 2. The minimum atomic E-state index is -0.541. The monoisotopic (exact) mass is 347 g/mol. The van der Waals surface area contributed by atoms with Gasteiger partial charge in [-0.1, -0.05) is 30.3 Å². The molecule has 0 aromatic heterocycles. The molecule has 0 aliphatic carbocycles. The average molecular weight is 348 g/mol. The van der Waals surface area contributed by atoms with E-state index in [9.17, 15) is 4.79 Å². The zero-order valence-corrected chi connectivity index (χ0v) is 14.8. The van der Waals surface area contributed by atoms with Crippen LogP contribution in [0.15, 0.2) is 47.6 Å². The average Bonchev–Trinajstić information content (AvgIpc) is 2.51. The summed E-state index contributed by atoms with van der Waals surface area (Å²) in [4.78, 5) is 11.4. The first-order valence-corrected chi connectivity index (χ1v) is 7.34. The van der Waals surface area contributed by atoms with E-state index in [4.69, 9.17) is 10.6 Å². The summed E-state index contributed by atoms with van der Waals surface area (Å²) in [5.74, 6) is 4.79. The third-order valence-electron chi connectivity index (χ3n) is 3.55. The van der Waals surface area contributed by atoms with Crippen LogP contribution < -0.4 is 11.2 Å². The Morgan fingerprint density at radius 3 is 2.38 bits per heavy atom. The van der Waals surface area contributed by atoms with Gasteiger partial charge in [0.25, 0.3) is 0 Å². The molecule has 0 fully saturated rings. The molecule has 3 N–H and O–H groups in total. The van der Waals surface area contributed by atoms with Crippen LogP contribution in [-0.4, -0.2) is 12.2 Å². The maximum atomic E-state index is 11.4. The fourth-order valence-corrected chi connectivity index (χ4v) is 2.18. The van der Waals surface area contributed by atoms with Crippen molar-refractivity contribution in [3.63, 3.8) is 0 Å². The molecule has 0 aliphatic heterocycles. The van der Waals surface area contributed by atoms with Crippen LogP contribution in [0.5, 0.6) is 0 Å². The molecule has 0 radical (unpaired) electrons. The van der Waals surface area contributed by atoms with Gasteiger partial charge in [-0.2, -0.15) is 5.10 Å². The van der Waals surface area contributed by atoms with Gasteiger partial charge >= 0.3 is 5.97 Å². The van der Waals surface area contributed by atoms with Crippen LogP contribution in [0.3, 0.4) is 0 Å². The molecule has 1 unspecified atom stereocenters. The quantitative estimate of drug-likeness (QED) is 0.284. The Kier molecular flexibility index (Phi) is 7.27. The van der Waals surface area contributed by atoms with E-state index in [0.29, 0.717) is 0 Å². The summed E-state index contributed by atoms with van der Waals surface area (Å²) >= 11 is 0. The smallest absolute Gasteiger partial charge is 0.304 e. The molecule has 128 valence electrons. The first kappa shape index (κ1) is 19.5. The van der Waals surface area contributed by atoms with Crippen molar-refractivity contribution in [2.75, 3.05) is 5.32 Å². The SMILES string of the molecule is CC(=O)OC(Nc1ccc(C=NN)cc1)c1ccc(C)c(C)c1.Cl. The van der Waals surface area contributed by atoms with Gasteiger partial charge in [-0.3, -0.25) is 4.79 Å². The highest BCUT2D eigenvalue weighted by molar-refractivity contribution is 5.85. The number of rotatable bonds is 5. The van der Waals surface area contributed by atoms with Crippen molar-refractivity contribution in [1.29, 1.82) is 0 Å². The number of nitrogens with one attached hydrogen (secondary N) is 1. The molecule has 2 aromatic carbocycles. The van der Waals surface area contributed by atoms with E-state index in [-0.39, 0.29) is 18.4 Å². The van der Waals surface area contributed by atoms with Crippen LogP contribution in [0, 0.1) is 13.8 Å². The Balaban J connectivity index is 0.00000288. The predicted molar refractivity (Wildman–Crippen MR) is 99.5 cm³/mol. The van der Waals surface area contributed by atoms with E-state index >= 15 is 0 Å². The van der Waals surface area contributed by atoms with Gasteiger partial charge in [-0.05, 0) is 42.7 Å². The van der Waals surface area contributed by atoms with Crippen molar-refractivity contribution in [3.8, 4) is 0 Å². The van der Waals surface area contributed by atoms with Crippen LogP contribution in [0.2, 0.25) is 0 Å². The van der Waals surface area contributed by atoms with Gasteiger partial charge in [0, 0.05) is 18.2 Å². The molecule has 0 amide bonds. The van der Waals surface area contributed by atoms with Crippen LogP contribution in [-0.2, 0) is 9.53 Å². The van der Waals surface area contributed by atoms with Gasteiger partial charge in [-0.25, -0.2) is 0 Å². The number of ether oxygens (including phenoxy) is 1. The van der Waals surface area contributed by atoms with Gasteiger partial charge in [-0.15, -0.1) is 12.4 Å². The summed E-state index contributed by atoms with van der Waals surface area (Å²) in [5.41, 5.74) is 4.98. The first-order valence-electron chi connectivity index (χ1n) is 7.34. The molecule has 2 aromatic rings. The minimum absolute atomic E-state index is 0. The van der Waals surface area contributed by atoms with Crippen LogP contribution in [0.25, 0.3) is 0 Å². The van der Waals surface area contributed by atoms with Crippen molar-refractivity contribution in [2.24, 2.45) is 10.9 Å². The zero-order chi connectivity index (χ0) is 16.8. The lowest BCUT2D eigenvalue weighted by Crippen LogP contribution is -2.17. The summed E-state index contributed by atoms with van der Waals surface area (Å²) < 4.78 is 5.42. The summed E-state index contributed by atoms with van der Waals surface area (Å²) in [7, 11) is 0. The fraction of sp³-hybridized carbons (Fsp3) is 0.222. The number of nitrogens with two attached hydrogens (primary N) is 1. The minimum Gasteiger partial charge on any atom is -0.438 e. The Bertz CT molecular complexity index is 715. The Hall–Kier alpha value is -2.53. The third-order valence-corrected chi connectivity index (χ3v) is 3.55. The van der Waals surface area contributed by atoms with Gasteiger partial charge in [0.2, 0.25) is 0 Å². The van der Waals surface area contributed by atoms with Gasteiger partial charge < -0.3 is 15.9 Å². The molecule has 2 rings (SSSR count). The second kappa shape index (κ2) is 8.93. The van der Waals surface area contributed by atoms with Crippen molar-refractivity contribution < 1.29 is 9.53 Å². The standard InChI is InChI=1S/C18H21N3O2.ClH/c1-12-4-7-16(10-13(12)2)18(23-14(3)22)21-17-8-5-15(6-9-17)11-20-19;/h4-11,18,21H,19H2,1-3H3;1H. The third kappa shape index (κ3) is 5.28. The molecule has 0 saturated carbocycles. The Morgan fingerprint density at radius 2 is 1.83 bits per heavy atom. The van der Waals surface area contributed by atoms with Crippen LogP contribution in [0.4, 0.5) is 5.69 Å². The highest BCUT2D eigenvalue weighted by Gasteiger charge is 2.15. The highest BCUT2D eigenvalue weighted by atomic mass is 35.5. The number of aryl methyl sites for hydroxylation is 2. The summed E-state index contributed by atoms with van der Waals surface area (Å²) in [6.07, 6.45) is 1.03. The molecule has 0 saturated heterocycles. The molecule has 5 nitrogen and oxygen atoms in total. The van der Waals surface area contributed by atoms with Crippen molar-refractivity contribution in [1.82, 2.24) is 0 Å². The number of nitrogens with zero attached hydrogens (tertiary/aromatic N) is 1. The van der Waals surface area contributed by atoms with Crippen LogP contribution in [0.1, 0.15) is 35.4 Å². The number of benzene rings is 2. The highest BCUT2D eigenvalue weighted by Crippen LogP contribution is 2.23. The van der Waals surface area contributed by atoms with Crippen molar-refractivity contribution >= 4 is 30.3 Å². The largest absolute Gasteiger partial charge is 0.438 e. The molecule has 0 bridgehead atoms. The lowest BCUT2D eigenvalue weighted by atomic mass is 10.1. The molecule has 0 aliphatic rings. The summed E-state index contributed by atoms with van der Waals surface area (Å²) in [5, 5.41) is 6.71. The molecule has 0 spiro atoms. The van der Waals surface area contributed by atoms with E-state index in [1.54, 1.807) is 6.21 Å². The second-order valence-corrected chi connectivity index (χ2v) is 5.38. The number of hydrazone groups is 1. The first-order chi connectivity index (χ1) is 11.0. The Labute approximate surface area is 148 Å². The normalized spacial score (nSPS) is 11.6. The number of hydrogen-bond acceptors (Lipinski definition) is 5. The molecule has 0 heterocycles. The number of carbonyl (C=O) groups is 1. The molecule has 1 atom stereocenters. The number of anilines is 1. The lowest BCUT2D eigenvalue weighted by Gasteiger charge is -2.21. The van der Waals surface area contributed by atoms with Gasteiger partial charge in [0.15, 0.2) is 6.23 Å². The summed E-state index contributed by atoms with van der Waals surface area (Å²) in [6, 6.07) is 13.5. The zero-order valence-electron chi connectivity index (χ0n) is 13.9. The van der Waals surface area contributed by atoms with E-state index in [0.717, 1.165) is 22.4 Å². The number of esters is 1. The second-order valence-electron chi connectivity index (χ2n) is 5.38. The van der Waals surface area contributed by atoms with Crippen molar-refractivity contribution in [3.05, 3.63) is 64.7 Å². The summed E-state index contributed by atoms with van der Waals surface area (Å²) in [6.45, 7) is 5.48. The molecule has 6 heteroatoms. The van der Waals surface area contributed by atoms with Gasteiger partial charge in [0.1, 0.15) is 0 Å². The lowest BCUT2D eigenvalue weighted by molar-refractivity contribution is -0.145. The van der Waals surface area contributed by atoms with E-state index in [2.05, 4.69) is 10.4 Å². The van der Waals surface area contributed by atoms with Crippen LogP contribution >= 0.6 is 12.4 Å². The molecular weight excluding hydrogens is 326 g/mol. The predicted octanol–water partition coefficient (Wildman–Crippen LogP) is 3.69. The van der Waals surface area contributed by atoms with E-state index in [1.807, 2.05) is 56.3 Å². The number of halogens is 1.